The van der Waals surface area contributed by atoms with Crippen LogP contribution in [0.1, 0.15) is 11.1 Å². The fourth-order valence-corrected chi connectivity index (χ4v) is 1.74. The molecule has 2 aromatic rings. The predicted octanol–water partition coefficient (Wildman–Crippen LogP) is 3.29. The van der Waals surface area contributed by atoms with E-state index in [0.29, 0.717) is 5.75 Å². The molecule has 0 spiro atoms. The number of amides is 2. The van der Waals surface area contributed by atoms with Crippen LogP contribution >= 0.6 is 0 Å². The van der Waals surface area contributed by atoms with Gasteiger partial charge in [-0.05, 0) is 24.6 Å². The second kappa shape index (κ2) is 5.92. The van der Waals surface area contributed by atoms with Crippen molar-refractivity contribution in [3.05, 3.63) is 53.3 Å². The summed E-state index contributed by atoms with van der Waals surface area (Å²) in [5.74, 6) is -0.0925. The summed E-state index contributed by atoms with van der Waals surface area (Å²) in [4.78, 5) is 10.8. The topological polar surface area (TPSA) is 88.1 Å². The van der Waals surface area contributed by atoms with E-state index < -0.39 is 11.8 Å². The molecule has 0 aromatic heterocycles. The van der Waals surface area contributed by atoms with Crippen LogP contribution in [0.3, 0.4) is 0 Å². The Balaban J connectivity index is 2.44. The number of halogens is 1. The van der Waals surface area contributed by atoms with Crippen LogP contribution in [0.25, 0.3) is 0 Å². The highest BCUT2D eigenvalue weighted by Gasteiger charge is 2.13. The van der Waals surface area contributed by atoms with Gasteiger partial charge in [-0.15, -0.1) is 0 Å². The molecule has 0 fully saturated rings. The van der Waals surface area contributed by atoms with Gasteiger partial charge in [-0.3, -0.25) is 0 Å². The van der Waals surface area contributed by atoms with E-state index in [-0.39, 0.29) is 17.0 Å². The van der Waals surface area contributed by atoms with Crippen LogP contribution in [-0.2, 0) is 0 Å². The molecule has 106 valence electrons. The van der Waals surface area contributed by atoms with E-state index in [2.05, 4.69) is 5.32 Å². The van der Waals surface area contributed by atoms with Gasteiger partial charge < -0.3 is 15.8 Å². The number of rotatable bonds is 3. The Morgan fingerprint density at radius 1 is 1.33 bits per heavy atom. The maximum absolute atomic E-state index is 13.7. The van der Waals surface area contributed by atoms with Gasteiger partial charge in [0.2, 0.25) is 0 Å². The van der Waals surface area contributed by atoms with Gasteiger partial charge in [-0.1, -0.05) is 18.2 Å². The maximum atomic E-state index is 13.7. The highest BCUT2D eigenvalue weighted by atomic mass is 19.1. The van der Waals surface area contributed by atoms with Crippen LogP contribution in [0.15, 0.2) is 36.4 Å². The van der Waals surface area contributed by atoms with Crippen molar-refractivity contribution in [3.8, 4) is 17.6 Å². The summed E-state index contributed by atoms with van der Waals surface area (Å²) in [6.07, 6.45) is 0. The van der Waals surface area contributed by atoms with Crippen LogP contribution in [-0.4, -0.2) is 6.03 Å². The normalized spacial score (nSPS) is 9.76. The number of anilines is 1. The first-order chi connectivity index (χ1) is 10.0. The highest BCUT2D eigenvalue weighted by molar-refractivity contribution is 5.88. The Kier molecular flexibility index (Phi) is 4.05. The molecule has 5 nitrogen and oxygen atoms in total. The van der Waals surface area contributed by atoms with E-state index in [0.717, 1.165) is 11.6 Å². The average molecular weight is 285 g/mol. The third-order valence-corrected chi connectivity index (χ3v) is 2.76. The Labute approximate surface area is 120 Å². The van der Waals surface area contributed by atoms with Gasteiger partial charge in [-0.2, -0.15) is 5.26 Å². The Bertz CT molecular complexity index is 738. The first kappa shape index (κ1) is 14.3. The molecule has 2 rings (SSSR count). The molecule has 0 atom stereocenters. The SMILES string of the molecule is Cc1ccccc1Oc1cc(NC(N)=O)c(F)cc1C#N. The van der Waals surface area contributed by atoms with Crippen molar-refractivity contribution in [2.24, 2.45) is 5.73 Å². The first-order valence-electron chi connectivity index (χ1n) is 6.05. The maximum Gasteiger partial charge on any atom is 0.316 e. The standard InChI is InChI=1S/C15H12FN3O2/c1-9-4-2-3-5-13(9)21-14-7-12(19-15(18)20)11(16)6-10(14)8-17/h2-7H,1H3,(H3,18,19,20). The Morgan fingerprint density at radius 2 is 2.05 bits per heavy atom. The van der Waals surface area contributed by atoms with Crippen molar-refractivity contribution in [2.75, 3.05) is 5.32 Å². The van der Waals surface area contributed by atoms with Gasteiger partial charge in [0.25, 0.3) is 0 Å². The highest BCUT2D eigenvalue weighted by Crippen LogP contribution is 2.31. The second-order valence-corrected chi connectivity index (χ2v) is 4.30. The number of benzene rings is 2. The van der Waals surface area contributed by atoms with Crippen molar-refractivity contribution in [3.63, 3.8) is 0 Å². The van der Waals surface area contributed by atoms with E-state index in [1.54, 1.807) is 12.1 Å². The number of carbonyl (C=O) groups excluding carboxylic acids is 1. The number of urea groups is 1. The zero-order chi connectivity index (χ0) is 15.4. The molecule has 2 aromatic carbocycles. The van der Waals surface area contributed by atoms with Crippen molar-refractivity contribution in [1.82, 2.24) is 0 Å². The minimum Gasteiger partial charge on any atom is -0.456 e. The van der Waals surface area contributed by atoms with Crippen molar-refractivity contribution in [1.29, 1.82) is 5.26 Å². The molecule has 6 heteroatoms. The summed E-state index contributed by atoms with van der Waals surface area (Å²) in [7, 11) is 0. The second-order valence-electron chi connectivity index (χ2n) is 4.30. The number of nitrogens with two attached hydrogens (primary N) is 1. The van der Waals surface area contributed by atoms with Crippen molar-refractivity contribution in [2.45, 2.75) is 6.92 Å². The van der Waals surface area contributed by atoms with E-state index in [9.17, 15) is 9.18 Å². The van der Waals surface area contributed by atoms with Gasteiger partial charge in [0.15, 0.2) is 0 Å². The molecular formula is C15H12FN3O2. The summed E-state index contributed by atoms with van der Waals surface area (Å²) in [6, 6.07) is 10.3. The van der Waals surface area contributed by atoms with Crippen LogP contribution in [0.5, 0.6) is 11.5 Å². The fraction of sp³-hybridized carbons (Fsp3) is 0.0667. The number of ether oxygens (including phenoxy) is 1. The molecule has 0 saturated heterocycles. The molecule has 0 aliphatic rings. The number of hydrogen-bond donors (Lipinski definition) is 2. The molecule has 0 aliphatic carbocycles. The molecule has 0 heterocycles. The molecule has 3 N–H and O–H groups in total. The smallest absolute Gasteiger partial charge is 0.316 e. The summed E-state index contributed by atoms with van der Waals surface area (Å²) in [5.41, 5.74) is 5.70. The molecule has 0 bridgehead atoms. The number of carbonyl (C=O) groups is 1. The molecule has 21 heavy (non-hydrogen) atoms. The number of nitrogens with one attached hydrogen (secondary N) is 1. The Hall–Kier alpha value is -3.07. The van der Waals surface area contributed by atoms with Gasteiger partial charge in [-0.25, -0.2) is 9.18 Å². The minimum atomic E-state index is -0.902. The third-order valence-electron chi connectivity index (χ3n) is 2.76. The number of aryl methyl sites for hydroxylation is 1. The van der Waals surface area contributed by atoms with Gasteiger partial charge >= 0.3 is 6.03 Å². The zero-order valence-corrected chi connectivity index (χ0v) is 11.2. The van der Waals surface area contributed by atoms with Gasteiger partial charge in [0.05, 0.1) is 11.3 Å². The molecule has 2 amide bonds. The average Bonchev–Trinajstić information content (AvgIpc) is 2.44. The van der Waals surface area contributed by atoms with Gasteiger partial charge in [0.1, 0.15) is 23.4 Å². The first-order valence-corrected chi connectivity index (χ1v) is 6.05. The lowest BCUT2D eigenvalue weighted by atomic mass is 10.1. The van der Waals surface area contributed by atoms with Crippen molar-refractivity contribution < 1.29 is 13.9 Å². The van der Waals surface area contributed by atoms with Crippen LogP contribution < -0.4 is 15.8 Å². The largest absolute Gasteiger partial charge is 0.456 e. The van der Waals surface area contributed by atoms with E-state index >= 15 is 0 Å². The van der Waals surface area contributed by atoms with E-state index in [1.807, 2.05) is 25.1 Å². The summed E-state index contributed by atoms with van der Waals surface area (Å²) in [5, 5.41) is 11.2. The van der Waals surface area contributed by atoms with Crippen LogP contribution in [0, 0.1) is 24.1 Å². The lowest BCUT2D eigenvalue weighted by molar-refractivity contribution is 0.259. The predicted molar refractivity (Wildman–Crippen MR) is 75.6 cm³/mol. The summed E-state index contributed by atoms with van der Waals surface area (Å²) in [6.45, 7) is 1.84. The monoisotopic (exact) mass is 285 g/mol. The van der Waals surface area contributed by atoms with E-state index in [1.165, 1.54) is 6.07 Å². The molecule has 0 saturated carbocycles. The number of nitriles is 1. The number of para-hydroxylation sites is 1. The molecule has 0 unspecified atom stereocenters. The van der Waals surface area contributed by atoms with Crippen LogP contribution in [0.4, 0.5) is 14.9 Å². The number of hydrogen-bond acceptors (Lipinski definition) is 3. The molecular weight excluding hydrogens is 273 g/mol. The molecule has 0 aliphatic heterocycles. The van der Waals surface area contributed by atoms with Gasteiger partial charge in [0, 0.05) is 6.07 Å². The quantitative estimate of drug-likeness (QED) is 0.906. The summed E-state index contributed by atoms with van der Waals surface area (Å²) < 4.78 is 19.3. The third kappa shape index (κ3) is 3.28. The fourth-order valence-electron chi connectivity index (χ4n) is 1.74. The lowest BCUT2D eigenvalue weighted by Crippen LogP contribution is -2.20. The van der Waals surface area contributed by atoms with Crippen molar-refractivity contribution >= 4 is 11.7 Å². The Morgan fingerprint density at radius 3 is 2.67 bits per heavy atom. The number of primary amides is 1. The van der Waals surface area contributed by atoms with E-state index in [4.69, 9.17) is 15.7 Å². The minimum absolute atomic E-state index is 0.0192. The summed E-state index contributed by atoms with van der Waals surface area (Å²) >= 11 is 0. The molecule has 0 radical (unpaired) electrons. The zero-order valence-electron chi connectivity index (χ0n) is 11.2. The lowest BCUT2D eigenvalue weighted by Gasteiger charge is -2.12. The number of nitrogens with zero attached hydrogens (tertiary/aromatic N) is 1. The van der Waals surface area contributed by atoms with Crippen LogP contribution in [0.2, 0.25) is 0 Å².